The Morgan fingerprint density at radius 1 is 1.21 bits per heavy atom. The van der Waals surface area contributed by atoms with Crippen molar-refractivity contribution in [3.05, 3.63) is 41.8 Å². The maximum atomic E-state index is 5.64. The zero-order chi connectivity index (χ0) is 9.97. The Morgan fingerprint density at radius 3 is 2.50 bits per heavy atom. The third-order valence-electron chi connectivity index (χ3n) is 2.23. The maximum Gasteiger partial charge on any atom is 0.226 e. The molecular weight excluding hydrogens is 174 g/mol. The zero-order valence-electron chi connectivity index (χ0n) is 8.45. The van der Waals surface area contributed by atoms with Crippen molar-refractivity contribution in [2.24, 2.45) is 0 Å². The van der Waals surface area contributed by atoms with Crippen LogP contribution in [-0.2, 0) is 6.42 Å². The summed E-state index contributed by atoms with van der Waals surface area (Å²) in [7, 11) is 0. The van der Waals surface area contributed by atoms with E-state index in [1.165, 1.54) is 0 Å². The zero-order valence-corrected chi connectivity index (χ0v) is 8.45. The number of nitrogens with zero attached hydrogens (tertiary/aromatic N) is 1. The molecule has 0 amide bonds. The molecule has 0 aliphatic heterocycles. The van der Waals surface area contributed by atoms with Crippen LogP contribution in [0.5, 0.6) is 0 Å². The van der Waals surface area contributed by atoms with E-state index < -0.39 is 0 Å². The van der Waals surface area contributed by atoms with Crippen molar-refractivity contribution in [2.45, 2.75) is 20.3 Å². The highest BCUT2D eigenvalue weighted by atomic mass is 16.4. The van der Waals surface area contributed by atoms with Gasteiger partial charge >= 0.3 is 0 Å². The van der Waals surface area contributed by atoms with Gasteiger partial charge in [-0.1, -0.05) is 25.1 Å². The number of benzene rings is 1. The van der Waals surface area contributed by atoms with Crippen molar-refractivity contribution in [3.8, 4) is 11.5 Å². The number of oxazole rings is 1. The summed E-state index contributed by atoms with van der Waals surface area (Å²) in [5.41, 5.74) is 2.03. The molecule has 2 heteroatoms. The molecule has 0 bridgehead atoms. The van der Waals surface area contributed by atoms with Crippen molar-refractivity contribution in [1.82, 2.24) is 4.98 Å². The van der Waals surface area contributed by atoms with Gasteiger partial charge in [0, 0.05) is 12.0 Å². The van der Waals surface area contributed by atoms with Crippen LogP contribution in [0.1, 0.15) is 18.4 Å². The van der Waals surface area contributed by atoms with E-state index in [0.717, 1.165) is 29.3 Å². The van der Waals surface area contributed by atoms with Crippen LogP contribution in [0.4, 0.5) is 0 Å². The van der Waals surface area contributed by atoms with E-state index in [1.807, 2.05) is 37.3 Å². The average molecular weight is 187 g/mol. The highest BCUT2D eigenvalue weighted by Gasteiger charge is 2.08. The Bertz CT molecular complexity index is 417. The monoisotopic (exact) mass is 187 g/mol. The lowest BCUT2D eigenvalue weighted by Crippen LogP contribution is -1.78. The van der Waals surface area contributed by atoms with Crippen molar-refractivity contribution >= 4 is 0 Å². The van der Waals surface area contributed by atoms with Crippen molar-refractivity contribution in [3.63, 3.8) is 0 Å². The molecule has 2 aromatic rings. The van der Waals surface area contributed by atoms with E-state index in [4.69, 9.17) is 4.42 Å². The van der Waals surface area contributed by atoms with Gasteiger partial charge in [-0.15, -0.1) is 0 Å². The molecule has 0 saturated carbocycles. The molecule has 2 nitrogen and oxygen atoms in total. The van der Waals surface area contributed by atoms with Crippen LogP contribution >= 0.6 is 0 Å². The summed E-state index contributed by atoms with van der Waals surface area (Å²) in [5, 5.41) is 0. The Hall–Kier alpha value is -1.57. The summed E-state index contributed by atoms with van der Waals surface area (Å²) in [6.45, 7) is 4.05. The average Bonchev–Trinajstić information content (AvgIpc) is 2.61. The van der Waals surface area contributed by atoms with E-state index in [0.29, 0.717) is 0 Å². The summed E-state index contributed by atoms with van der Waals surface area (Å²) < 4.78 is 5.64. The molecule has 2 rings (SSSR count). The number of rotatable bonds is 2. The van der Waals surface area contributed by atoms with E-state index in [-0.39, 0.29) is 0 Å². The number of hydrogen-bond donors (Lipinski definition) is 0. The molecule has 0 spiro atoms. The Labute approximate surface area is 83.6 Å². The van der Waals surface area contributed by atoms with Crippen molar-refractivity contribution < 1.29 is 4.42 Å². The molecule has 72 valence electrons. The molecule has 1 heterocycles. The first-order valence-electron chi connectivity index (χ1n) is 4.83. The van der Waals surface area contributed by atoms with Crippen LogP contribution in [0.25, 0.3) is 11.5 Å². The summed E-state index contributed by atoms with van der Waals surface area (Å²) in [4.78, 5) is 4.39. The smallest absolute Gasteiger partial charge is 0.226 e. The first-order valence-corrected chi connectivity index (χ1v) is 4.83. The molecule has 0 aliphatic carbocycles. The largest absolute Gasteiger partial charge is 0.441 e. The molecule has 0 fully saturated rings. The second kappa shape index (κ2) is 3.66. The van der Waals surface area contributed by atoms with Gasteiger partial charge in [0.15, 0.2) is 0 Å². The van der Waals surface area contributed by atoms with Crippen LogP contribution in [0.2, 0.25) is 0 Å². The van der Waals surface area contributed by atoms with Gasteiger partial charge in [-0.05, 0) is 19.1 Å². The van der Waals surface area contributed by atoms with Gasteiger partial charge < -0.3 is 4.42 Å². The molecule has 0 radical (unpaired) electrons. The van der Waals surface area contributed by atoms with E-state index in [1.54, 1.807) is 0 Å². The van der Waals surface area contributed by atoms with Crippen LogP contribution < -0.4 is 0 Å². The first-order chi connectivity index (χ1) is 6.81. The first kappa shape index (κ1) is 9.00. The molecule has 0 atom stereocenters. The fourth-order valence-electron chi connectivity index (χ4n) is 1.46. The lowest BCUT2D eigenvalue weighted by Gasteiger charge is -1.92. The van der Waals surface area contributed by atoms with Crippen LogP contribution in [0.3, 0.4) is 0 Å². The molecule has 0 saturated heterocycles. The summed E-state index contributed by atoms with van der Waals surface area (Å²) in [6, 6.07) is 9.97. The van der Waals surface area contributed by atoms with E-state index in [9.17, 15) is 0 Å². The molecule has 0 unspecified atom stereocenters. The Balaban J connectivity index is 2.43. The van der Waals surface area contributed by atoms with Gasteiger partial charge in [-0.25, -0.2) is 4.98 Å². The van der Waals surface area contributed by atoms with Crippen molar-refractivity contribution in [1.29, 1.82) is 0 Å². The topological polar surface area (TPSA) is 26.0 Å². The van der Waals surface area contributed by atoms with E-state index >= 15 is 0 Å². The molecule has 0 aliphatic rings. The van der Waals surface area contributed by atoms with Gasteiger partial charge in [0.1, 0.15) is 5.76 Å². The van der Waals surface area contributed by atoms with Gasteiger partial charge in [-0.2, -0.15) is 0 Å². The van der Waals surface area contributed by atoms with Gasteiger partial charge in [0.25, 0.3) is 0 Å². The lowest BCUT2D eigenvalue weighted by molar-refractivity contribution is 0.522. The third-order valence-corrected chi connectivity index (χ3v) is 2.23. The Morgan fingerprint density at radius 2 is 1.93 bits per heavy atom. The number of aromatic nitrogens is 1. The minimum Gasteiger partial charge on any atom is -0.441 e. The minimum atomic E-state index is 0.722. The van der Waals surface area contributed by atoms with Crippen LogP contribution in [0, 0.1) is 6.92 Å². The van der Waals surface area contributed by atoms with Crippen LogP contribution in [-0.4, -0.2) is 4.98 Å². The summed E-state index contributed by atoms with van der Waals surface area (Å²) >= 11 is 0. The van der Waals surface area contributed by atoms with E-state index in [2.05, 4.69) is 11.9 Å². The predicted octanol–water partition coefficient (Wildman–Crippen LogP) is 3.21. The van der Waals surface area contributed by atoms with Gasteiger partial charge in [0.2, 0.25) is 5.89 Å². The quantitative estimate of drug-likeness (QED) is 0.721. The highest BCUT2D eigenvalue weighted by molar-refractivity contribution is 5.53. The summed E-state index contributed by atoms with van der Waals surface area (Å²) in [6.07, 6.45) is 0.895. The lowest BCUT2D eigenvalue weighted by atomic mass is 10.2. The predicted molar refractivity (Wildman–Crippen MR) is 56.1 cm³/mol. The molecule has 1 aromatic heterocycles. The Kier molecular flexibility index (Phi) is 2.35. The third kappa shape index (κ3) is 1.55. The SMILES string of the molecule is CCc1oc(-c2ccccc2)nc1C. The molecule has 1 aromatic carbocycles. The maximum absolute atomic E-state index is 5.64. The van der Waals surface area contributed by atoms with Crippen molar-refractivity contribution in [2.75, 3.05) is 0 Å². The number of hydrogen-bond acceptors (Lipinski definition) is 2. The van der Waals surface area contributed by atoms with Crippen LogP contribution in [0.15, 0.2) is 34.7 Å². The fraction of sp³-hybridized carbons (Fsp3) is 0.250. The normalized spacial score (nSPS) is 10.4. The standard InChI is InChI=1S/C12H13NO/c1-3-11-9(2)13-12(14-11)10-7-5-4-6-8-10/h4-8H,3H2,1-2H3. The van der Waals surface area contributed by atoms with Gasteiger partial charge in [0.05, 0.1) is 5.69 Å². The molecular formula is C12H13NO. The minimum absolute atomic E-state index is 0.722. The second-order valence-corrected chi connectivity index (χ2v) is 3.25. The highest BCUT2D eigenvalue weighted by Crippen LogP contribution is 2.21. The molecule has 0 N–H and O–H groups in total. The van der Waals surface area contributed by atoms with Gasteiger partial charge in [-0.3, -0.25) is 0 Å². The summed E-state index contributed by atoms with van der Waals surface area (Å²) in [5.74, 6) is 1.70. The molecule has 14 heavy (non-hydrogen) atoms. The fourth-order valence-corrected chi connectivity index (χ4v) is 1.46. The number of aryl methyl sites for hydroxylation is 2. The second-order valence-electron chi connectivity index (χ2n) is 3.25.